The molecule has 1 aromatic heterocycles. The standard InChI is InChI=1S/C27H39N5O7S/c1-4-15(2)23(26(37)30-20(27(38)39)11-12-40-3)32-25(36)21(31-24(35)18(28)9-10-22(33)34)13-16-14-29-19-8-6-5-7-17(16)19/h5-8,14-15,18,20-21,23,29H,4,9-13,28H2,1-3H3,(H,30,37)(H,31,35)(H,32,36)(H,33,34)(H,38,39). The molecule has 1 aromatic carbocycles. The number of nitrogens with two attached hydrogens (primary N) is 1. The van der Waals surface area contributed by atoms with Crippen molar-refractivity contribution < 1.29 is 34.2 Å². The summed E-state index contributed by atoms with van der Waals surface area (Å²) in [4.78, 5) is 65.3. The molecule has 8 N–H and O–H groups in total. The minimum absolute atomic E-state index is 0.0631. The molecular weight excluding hydrogens is 538 g/mol. The molecule has 220 valence electrons. The van der Waals surface area contributed by atoms with Gasteiger partial charge in [-0.15, -0.1) is 0 Å². The van der Waals surface area contributed by atoms with Crippen LogP contribution in [-0.4, -0.2) is 81.0 Å². The van der Waals surface area contributed by atoms with Crippen molar-refractivity contribution in [2.45, 2.75) is 70.1 Å². The highest BCUT2D eigenvalue weighted by Crippen LogP contribution is 2.20. The number of H-pyrrole nitrogens is 1. The minimum atomic E-state index is -1.17. The Labute approximate surface area is 237 Å². The second-order valence-corrected chi connectivity index (χ2v) is 10.7. The van der Waals surface area contributed by atoms with Crippen molar-refractivity contribution in [3.8, 4) is 0 Å². The predicted molar refractivity (Wildman–Crippen MR) is 153 cm³/mol. The van der Waals surface area contributed by atoms with Crippen LogP contribution in [0.5, 0.6) is 0 Å². The van der Waals surface area contributed by atoms with Gasteiger partial charge in [-0.1, -0.05) is 38.5 Å². The van der Waals surface area contributed by atoms with Gasteiger partial charge in [0.1, 0.15) is 18.1 Å². The van der Waals surface area contributed by atoms with Gasteiger partial charge in [-0.2, -0.15) is 11.8 Å². The van der Waals surface area contributed by atoms with Gasteiger partial charge in [0.15, 0.2) is 0 Å². The van der Waals surface area contributed by atoms with Crippen LogP contribution in [0.1, 0.15) is 45.1 Å². The first-order chi connectivity index (χ1) is 19.0. The van der Waals surface area contributed by atoms with Crippen LogP contribution in [0.15, 0.2) is 30.5 Å². The van der Waals surface area contributed by atoms with Crippen LogP contribution in [0.2, 0.25) is 0 Å². The van der Waals surface area contributed by atoms with Gasteiger partial charge < -0.3 is 36.9 Å². The first kappa shape index (κ1) is 32.6. The second kappa shape index (κ2) is 15.9. The fourth-order valence-electron chi connectivity index (χ4n) is 4.13. The molecule has 40 heavy (non-hydrogen) atoms. The molecule has 12 nitrogen and oxygen atoms in total. The summed E-state index contributed by atoms with van der Waals surface area (Å²) < 4.78 is 0. The number of rotatable bonds is 17. The molecule has 0 saturated heterocycles. The van der Waals surface area contributed by atoms with E-state index in [4.69, 9.17) is 10.8 Å². The van der Waals surface area contributed by atoms with E-state index in [0.717, 1.165) is 16.5 Å². The van der Waals surface area contributed by atoms with Crippen LogP contribution in [0, 0.1) is 5.92 Å². The SMILES string of the molecule is CCC(C)C(NC(=O)C(Cc1c[nH]c2ccccc12)NC(=O)C(N)CCC(=O)O)C(=O)NC(CCSC)C(=O)O. The lowest BCUT2D eigenvalue weighted by atomic mass is 9.96. The van der Waals surface area contributed by atoms with Gasteiger partial charge in [0.2, 0.25) is 17.7 Å². The number of thioether (sulfide) groups is 1. The van der Waals surface area contributed by atoms with Crippen LogP contribution in [0.25, 0.3) is 10.9 Å². The summed E-state index contributed by atoms with van der Waals surface area (Å²) in [6.07, 6.45) is 3.92. The van der Waals surface area contributed by atoms with Crippen LogP contribution in [0.3, 0.4) is 0 Å². The Balaban J connectivity index is 2.30. The van der Waals surface area contributed by atoms with E-state index < -0.39 is 53.8 Å². The van der Waals surface area contributed by atoms with E-state index in [9.17, 15) is 29.1 Å². The third-order valence-electron chi connectivity index (χ3n) is 6.76. The number of fused-ring (bicyclic) bond motifs is 1. The number of hydrogen-bond donors (Lipinski definition) is 7. The number of aromatic nitrogens is 1. The third kappa shape index (κ3) is 9.56. The Kier molecular flexibility index (Phi) is 12.9. The number of aromatic amines is 1. The smallest absolute Gasteiger partial charge is 0.326 e. The summed E-state index contributed by atoms with van der Waals surface area (Å²) in [6.45, 7) is 3.60. The molecular formula is C27H39N5O7S. The van der Waals surface area contributed by atoms with Gasteiger partial charge in [0, 0.05) is 29.9 Å². The number of carbonyl (C=O) groups is 5. The van der Waals surface area contributed by atoms with Gasteiger partial charge in [-0.05, 0) is 42.4 Å². The summed E-state index contributed by atoms with van der Waals surface area (Å²) in [5.74, 6) is -4.08. The molecule has 0 fully saturated rings. The first-order valence-electron chi connectivity index (χ1n) is 13.1. The maximum Gasteiger partial charge on any atom is 0.326 e. The van der Waals surface area contributed by atoms with Crippen LogP contribution >= 0.6 is 11.8 Å². The zero-order valence-corrected chi connectivity index (χ0v) is 23.8. The lowest BCUT2D eigenvalue weighted by Gasteiger charge is -2.28. The minimum Gasteiger partial charge on any atom is -0.481 e. The Morgan fingerprint density at radius 2 is 1.65 bits per heavy atom. The van der Waals surface area contributed by atoms with Crippen molar-refractivity contribution in [1.29, 1.82) is 0 Å². The maximum atomic E-state index is 13.6. The molecule has 0 aliphatic rings. The number of carbonyl (C=O) groups excluding carboxylic acids is 3. The van der Waals surface area contributed by atoms with Crippen LogP contribution < -0.4 is 21.7 Å². The van der Waals surface area contributed by atoms with Gasteiger partial charge in [-0.25, -0.2) is 4.79 Å². The van der Waals surface area contributed by atoms with E-state index in [1.165, 1.54) is 11.8 Å². The largest absolute Gasteiger partial charge is 0.481 e. The summed E-state index contributed by atoms with van der Waals surface area (Å²) in [7, 11) is 0. The number of para-hydroxylation sites is 1. The Bertz CT molecular complexity index is 1190. The van der Waals surface area contributed by atoms with Crippen molar-refractivity contribution in [1.82, 2.24) is 20.9 Å². The second-order valence-electron chi connectivity index (χ2n) is 9.72. The lowest BCUT2D eigenvalue weighted by molar-refractivity contribution is -0.142. The van der Waals surface area contributed by atoms with E-state index in [2.05, 4.69) is 20.9 Å². The maximum absolute atomic E-state index is 13.6. The number of nitrogens with one attached hydrogen (secondary N) is 4. The molecule has 0 aliphatic carbocycles. The molecule has 1 heterocycles. The summed E-state index contributed by atoms with van der Waals surface area (Å²) >= 11 is 1.45. The average Bonchev–Trinajstić information content (AvgIpc) is 3.33. The molecule has 3 amide bonds. The first-order valence-corrected chi connectivity index (χ1v) is 14.5. The molecule has 0 saturated carbocycles. The van der Waals surface area contributed by atoms with Crippen LogP contribution in [0.4, 0.5) is 0 Å². The number of carboxylic acids is 2. The summed E-state index contributed by atoms with van der Waals surface area (Å²) in [6, 6.07) is 2.96. The molecule has 0 bridgehead atoms. The van der Waals surface area contributed by atoms with E-state index in [0.29, 0.717) is 12.2 Å². The number of aliphatic carboxylic acids is 2. The predicted octanol–water partition coefficient (Wildman–Crippen LogP) is 1.24. The van der Waals surface area contributed by atoms with E-state index >= 15 is 0 Å². The van der Waals surface area contributed by atoms with Crippen molar-refractivity contribution in [3.05, 3.63) is 36.0 Å². The topological polar surface area (TPSA) is 204 Å². The van der Waals surface area contributed by atoms with Gasteiger partial charge in [0.25, 0.3) is 0 Å². The molecule has 13 heteroatoms. The van der Waals surface area contributed by atoms with Gasteiger partial charge in [0.05, 0.1) is 6.04 Å². The Hall–Kier alpha value is -3.58. The van der Waals surface area contributed by atoms with Crippen molar-refractivity contribution in [2.24, 2.45) is 11.7 Å². The third-order valence-corrected chi connectivity index (χ3v) is 7.40. The van der Waals surface area contributed by atoms with Crippen LogP contribution in [-0.2, 0) is 30.4 Å². The Morgan fingerprint density at radius 3 is 2.27 bits per heavy atom. The molecule has 5 atom stereocenters. The molecule has 0 aliphatic heterocycles. The fraction of sp³-hybridized carbons (Fsp3) is 0.519. The number of hydrogen-bond acceptors (Lipinski definition) is 7. The average molecular weight is 578 g/mol. The van der Waals surface area contributed by atoms with E-state index in [-0.39, 0.29) is 31.6 Å². The van der Waals surface area contributed by atoms with Gasteiger partial charge in [-0.3, -0.25) is 19.2 Å². The number of benzene rings is 1. The van der Waals surface area contributed by atoms with Crippen molar-refractivity contribution in [3.63, 3.8) is 0 Å². The molecule has 0 spiro atoms. The normalized spacial score (nSPS) is 14.9. The van der Waals surface area contributed by atoms with E-state index in [1.54, 1.807) is 13.1 Å². The lowest BCUT2D eigenvalue weighted by Crippen LogP contribution is -2.59. The molecule has 2 aromatic rings. The fourth-order valence-corrected chi connectivity index (χ4v) is 4.60. The molecule has 0 radical (unpaired) electrons. The molecule has 5 unspecified atom stereocenters. The van der Waals surface area contributed by atoms with Crippen molar-refractivity contribution >= 4 is 52.3 Å². The quantitative estimate of drug-likeness (QED) is 0.144. The monoisotopic (exact) mass is 577 g/mol. The highest BCUT2D eigenvalue weighted by molar-refractivity contribution is 7.98. The Morgan fingerprint density at radius 1 is 0.975 bits per heavy atom. The molecule has 2 rings (SSSR count). The zero-order chi connectivity index (χ0) is 29.8. The number of amides is 3. The summed E-state index contributed by atoms with van der Waals surface area (Å²) in [5.41, 5.74) is 7.46. The van der Waals surface area contributed by atoms with Gasteiger partial charge >= 0.3 is 11.9 Å². The highest BCUT2D eigenvalue weighted by atomic mass is 32.2. The highest BCUT2D eigenvalue weighted by Gasteiger charge is 2.33. The van der Waals surface area contributed by atoms with E-state index in [1.807, 2.05) is 37.4 Å². The summed E-state index contributed by atoms with van der Waals surface area (Å²) in [5, 5.41) is 27.2. The number of carboxylic acid groups (broad SMARTS) is 2. The van der Waals surface area contributed by atoms with Crippen molar-refractivity contribution in [2.75, 3.05) is 12.0 Å². The zero-order valence-electron chi connectivity index (χ0n) is 22.9.